The molecule has 2 nitrogen and oxygen atoms in total. The summed E-state index contributed by atoms with van der Waals surface area (Å²) in [4.78, 5) is 10.7. The van der Waals surface area contributed by atoms with Gasteiger partial charge in [0.05, 0.1) is 5.92 Å². The summed E-state index contributed by atoms with van der Waals surface area (Å²) in [6.07, 6.45) is 5.16. The number of thioether (sulfide) groups is 1. The zero-order valence-electron chi connectivity index (χ0n) is 7.03. The number of hydrogen-bond donors (Lipinski definition) is 1. The van der Waals surface area contributed by atoms with Crippen molar-refractivity contribution >= 4 is 17.7 Å². The molecular formula is C9H14O2S. The molecule has 2 rings (SSSR count). The van der Waals surface area contributed by atoms with E-state index in [-0.39, 0.29) is 5.92 Å². The van der Waals surface area contributed by atoms with E-state index in [2.05, 4.69) is 0 Å². The van der Waals surface area contributed by atoms with Crippen molar-refractivity contribution in [2.45, 2.75) is 30.9 Å². The first-order chi connectivity index (χ1) is 5.79. The molecule has 2 unspecified atom stereocenters. The largest absolute Gasteiger partial charge is 0.481 e. The molecule has 2 aliphatic rings. The van der Waals surface area contributed by atoms with Crippen LogP contribution in [0.15, 0.2) is 0 Å². The van der Waals surface area contributed by atoms with Crippen LogP contribution in [0, 0.1) is 11.8 Å². The van der Waals surface area contributed by atoms with Crippen molar-refractivity contribution in [3.8, 4) is 0 Å². The summed E-state index contributed by atoms with van der Waals surface area (Å²) in [6, 6.07) is 0. The van der Waals surface area contributed by atoms with E-state index in [9.17, 15) is 4.79 Å². The molecule has 1 N–H and O–H groups in total. The Morgan fingerprint density at radius 2 is 2.00 bits per heavy atom. The predicted molar refractivity (Wildman–Crippen MR) is 49.3 cm³/mol. The van der Waals surface area contributed by atoms with Crippen molar-refractivity contribution in [2.75, 3.05) is 5.75 Å². The molecule has 3 heteroatoms. The maximum atomic E-state index is 10.7. The van der Waals surface area contributed by atoms with Gasteiger partial charge >= 0.3 is 5.97 Å². The monoisotopic (exact) mass is 186 g/mol. The molecule has 1 saturated carbocycles. The van der Waals surface area contributed by atoms with Crippen LogP contribution in [0.25, 0.3) is 0 Å². The van der Waals surface area contributed by atoms with E-state index in [1.165, 1.54) is 25.7 Å². The van der Waals surface area contributed by atoms with Crippen LogP contribution in [0.3, 0.4) is 0 Å². The molecule has 0 aromatic carbocycles. The highest BCUT2D eigenvalue weighted by molar-refractivity contribution is 8.01. The highest BCUT2D eigenvalue weighted by Gasteiger charge is 2.42. The normalized spacial score (nSPS) is 36.3. The zero-order chi connectivity index (χ0) is 8.55. The van der Waals surface area contributed by atoms with E-state index in [0.717, 1.165) is 5.75 Å². The lowest BCUT2D eigenvalue weighted by molar-refractivity contribution is -0.141. The number of carboxylic acid groups (broad SMARTS) is 1. The molecule has 0 aromatic heterocycles. The molecule has 0 bridgehead atoms. The Labute approximate surface area is 76.7 Å². The highest BCUT2D eigenvalue weighted by Crippen LogP contribution is 2.45. The van der Waals surface area contributed by atoms with Gasteiger partial charge in [0.15, 0.2) is 0 Å². The molecule has 0 radical (unpaired) electrons. The van der Waals surface area contributed by atoms with Crippen molar-refractivity contribution in [3.63, 3.8) is 0 Å². The van der Waals surface area contributed by atoms with E-state index in [1.807, 2.05) is 11.8 Å². The maximum absolute atomic E-state index is 10.7. The van der Waals surface area contributed by atoms with E-state index in [1.54, 1.807) is 0 Å². The van der Waals surface area contributed by atoms with Gasteiger partial charge in [-0.15, -0.1) is 0 Å². The Hall–Kier alpha value is -0.180. The third-order valence-electron chi connectivity index (χ3n) is 3.05. The predicted octanol–water partition coefficient (Wildman–Crippen LogP) is 1.99. The van der Waals surface area contributed by atoms with Crippen molar-refractivity contribution in [2.24, 2.45) is 11.8 Å². The molecule has 68 valence electrons. The van der Waals surface area contributed by atoms with Gasteiger partial charge in [-0.1, -0.05) is 12.8 Å². The van der Waals surface area contributed by atoms with E-state index in [0.29, 0.717) is 11.2 Å². The summed E-state index contributed by atoms with van der Waals surface area (Å²) in [6.45, 7) is 0. The van der Waals surface area contributed by atoms with Gasteiger partial charge in [-0.3, -0.25) is 4.79 Å². The van der Waals surface area contributed by atoms with E-state index in [4.69, 9.17) is 5.11 Å². The quantitative estimate of drug-likeness (QED) is 0.716. The first-order valence-corrected chi connectivity index (χ1v) is 5.68. The van der Waals surface area contributed by atoms with Crippen molar-refractivity contribution in [1.29, 1.82) is 0 Å². The van der Waals surface area contributed by atoms with Crippen molar-refractivity contribution < 1.29 is 9.90 Å². The Balaban J connectivity index is 1.91. The number of aliphatic carboxylic acids is 1. The van der Waals surface area contributed by atoms with Crippen LogP contribution < -0.4 is 0 Å². The summed E-state index contributed by atoms with van der Waals surface area (Å²) in [5.74, 6) is 0.949. The van der Waals surface area contributed by atoms with Crippen LogP contribution in [0.4, 0.5) is 0 Å². The van der Waals surface area contributed by atoms with Crippen LogP contribution in [-0.4, -0.2) is 22.1 Å². The van der Waals surface area contributed by atoms with Crippen LogP contribution in [0.1, 0.15) is 25.7 Å². The van der Waals surface area contributed by atoms with Crippen LogP contribution in [0.5, 0.6) is 0 Å². The summed E-state index contributed by atoms with van der Waals surface area (Å²) in [5, 5.41) is 9.30. The van der Waals surface area contributed by atoms with Gasteiger partial charge in [0.25, 0.3) is 0 Å². The molecule has 2 atom stereocenters. The Morgan fingerprint density at radius 1 is 1.33 bits per heavy atom. The molecule has 0 spiro atoms. The molecule has 1 saturated heterocycles. The van der Waals surface area contributed by atoms with E-state index >= 15 is 0 Å². The average Bonchev–Trinajstić information content (AvgIpc) is 2.35. The first kappa shape index (κ1) is 8.42. The third-order valence-corrected chi connectivity index (χ3v) is 4.70. The zero-order valence-corrected chi connectivity index (χ0v) is 7.85. The lowest BCUT2D eigenvalue weighted by Gasteiger charge is -2.37. The summed E-state index contributed by atoms with van der Waals surface area (Å²) >= 11 is 1.86. The molecule has 2 fully saturated rings. The fourth-order valence-corrected chi connectivity index (χ4v) is 3.68. The smallest absolute Gasteiger partial charge is 0.308 e. The molecule has 1 heterocycles. The Morgan fingerprint density at radius 3 is 2.42 bits per heavy atom. The van der Waals surface area contributed by atoms with Crippen molar-refractivity contribution in [3.05, 3.63) is 0 Å². The Bertz CT molecular complexity index is 187. The number of carboxylic acids is 1. The topological polar surface area (TPSA) is 37.3 Å². The van der Waals surface area contributed by atoms with Gasteiger partial charge in [-0.25, -0.2) is 0 Å². The van der Waals surface area contributed by atoms with Gasteiger partial charge in [0.2, 0.25) is 0 Å². The standard InChI is InChI=1S/C9H14O2S/c10-9(11)7-5-12-8(7)6-3-1-2-4-6/h6-8H,1-5H2,(H,10,11). The minimum atomic E-state index is -0.578. The maximum Gasteiger partial charge on any atom is 0.308 e. The summed E-state index contributed by atoms with van der Waals surface area (Å²) in [7, 11) is 0. The second kappa shape index (κ2) is 3.29. The minimum absolute atomic E-state index is 0.0295. The van der Waals surface area contributed by atoms with Gasteiger partial charge in [-0.2, -0.15) is 11.8 Å². The van der Waals surface area contributed by atoms with Gasteiger partial charge in [0, 0.05) is 11.0 Å². The number of hydrogen-bond acceptors (Lipinski definition) is 2. The Kier molecular flexibility index (Phi) is 2.31. The molecule has 12 heavy (non-hydrogen) atoms. The number of carbonyl (C=O) groups is 1. The lowest BCUT2D eigenvalue weighted by Crippen LogP contribution is -2.41. The highest BCUT2D eigenvalue weighted by atomic mass is 32.2. The summed E-state index contributed by atoms with van der Waals surface area (Å²) < 4.78 is 0. The molecule has 1 aliphatic heterocycles. The second-order valence-electron chi connectivity index (χ2n) is 3.79. The van der Waals surface area contributed by atoms with Gasteiger partial charge in [-0.05, 0) is 18.8 Å². The van der Waals surface area contributed by atoms with Crippen LogP contribution in [0.2, 0.25) is 0 Å². The third kappa shape index (κ3) is 1.35. The first-order valence-electron chi connectivity index (χ1n) is 4.63. The summed E-state index contributed by atoms with van der Waals surface area (Å²) in [5.41, 5.74) is 0. The van der Waals surface area contributed by atoms with Gasteiger partial charge in [0.1, 0.15) is 0 Å². The number of rotatable bonds is 2. The minimum Gasteiger partial charge on any atom is -0.481 e. The van der Waals surface area contributed by atoms with E-state index < -0.39 is 5.97 Å². The molecule has 1 aliphatic carbocycles. The fourth-order valence-electron chi connectivity index (χ4n) is 2.27. The van der Waals surface area contributed by atoms with Crippen molar-refractivity contribution in [1.82, 2.24) is 0 Å². The molecular weight excluding hydrogens is 172 g/mol. The van der Waals surface area contributed by atoms with Crippen LogP contribution >= 0.6 is 11.8 Å². The van der Waals surface area contributed by atoms with Gasteiger partial charge < -0.3 is 5.11 Å². The molecule has 0 aromatic rings. The SMILES string of the molecule is O=C(O)C1CSC1C1CCCC1. The average molecular weight is 186 g/mol. The fraction of sp³-hybridized carbons (Fsp3) is 0.889. The second-order valence-corrected chi connectivity index (χ2v) is 5.00. The molecule has 0 amide bonds. The lowest BCUT2D eigenvalue weighted by atomic mass is 9.93. The van der Waals surface area contributed by atoms with Crippen LogP contribution in [-0.2, 0) is 4.79 Å².